The summed E-state index contributed by atoms with van der Waals surface area (Å²) in [6, 6.07) is 8.17. The molecule has 1 heterocycles. The van der Waals surface area contributed by atoms with Crippen molar-refractivity contribution in [1.29, 1.82) is 0 Å². The van der Waals surface area contributed by atoms with Crippen molar-refractivity contribution >= 4 is 17.3 Å². The van der Waals surface area contributed by atoms with Crippen LogP contribution in [0.2, 0.25) is 5.02 Å². The molecule has 0 bridgehead atoms. The first-order valence-corrected chi connectivity index (χ1v) is 9.96. The minimum absolute atomic E-state index is 0.830. The lowest BCUT2D eigenvalue weighted by Gasteiger charge is -2.36. The van der Waals surface area contributed by atoms with Crippen molar-refractivity contribution in [2.75, 3.05) is 44.7 Å². The van der Waals surface area contributed by atoms with Crippen molar-refractivity contribution in [3.63, 3.8) is 0 Å². The third-order valence-corrected chi connectivity index (χ3v) is 3.61. The molecule has 0 amide bonds. The van der Waals surface area contributed by atoms with Gasteiger partial charge in [-0.15, -0.1) is 19.7 Å². The lowest BCUT2D eigenvalue weighted by atomic mass is 10.2. The zero-order chi connectivity index (χ0) is 20.8. The fourth-order valence-electron chi connectivity index (χ4n) is 2.28. The van der Waals surface area contributed by atoms with Gasteiger partial charge in [0, 0.05) is 36.9 Å². The van der Waals surface area contributed by atoms with Crippen molar-refractivity contribution in [1.82, 2.24) is 4.90 Å². The molecule has 1 saturated heterocycles. The molecule has 0 spiro atoms. The van der Waals surface area contributed by atoms with Crippen LogP contribution in [0.1, 0.15) is 40.5 Å². The number of hydrogen-bond donors (Lipinski definition) is 1. The standard InChI is InChI=1S/C14H21ClN2.C3H6.C2H6.C2H4.CH5N/c1-2-3-7-16-8-10-17(11-9-16)14-6-4-5-13(15)12-14;1-3-2;3*1-2/h4-6,12H,2-3,7-11H2,1H3;3H,1H2,2H3;1-2H3;1-2H2;2H2,1H3. The highest BCUT2D eigenvalue weighted by Crippen LogP contribution is 2.20. The zero-order valence-electron chi connectivity index (χ0n) is 17.8. The number of nitrogens with two attached hydrogens (primary N) is 1. The maximum Gasteiger partial charge on any atom is 0.0426 e. The Morgan fingerprint density at radius 3 is 2.04 bits per heavy atom. The lowest BCUT2D eigenvalue weighted by Crippen LogP contribution is -2.46. The fourth-order valence-corrected chi connectivity index (χ4v) is 2.47. The second-order valence-corrected chi connectivity index (χ2v) is 5.51. The Kier molecular flexibility index (Phi) is 26.9. The topological polar surface area (TPSA) is 32.5 Å². The molecule has 2 rings (SSSR count). The van der Waals surface area contributed by atoms with Crippen LogP contribution in [0, 0.1) is 0 Å². The van der Waals surface area contributed by atoms with E-state index in [1.54, 1.807) is 6.08 Å². The molecule has 1 aromatic rings. The molecule has 0 unspecified atom stereocenters. The number of anilines is 1. The van der Waals surface area contributed by atoms with Gasteiger partial charge in [-0.1, -0.05) is 50.9 Å². The van der Waals surface area contributed by atoms with E-state index in [2.05, 4.69) is 54.3 Å². The summed E-state index contributed by atoms with van der Waals surface area (Å²) in [5.41, 5.74) is 5.76. The average Bonchev–Trinajstić information content (AvgIpc) is 2.72. The van der Waals surface area contributed by atoms with Crippen molar-refractivity contribution in [3.8, 4) is 0 Å². The average molecular weight is 384 g/mol. The molecule has 3 nitrogen and oxygen atoms in total. The number of unbranched alkanes of at least 4 members (excludes halogenated alkanes) is 1. The van der Waals surface area contributed by atoms with E-state index in [-0.39, 0.29) is 0 Å². The summed E-state index contributed by atoms with van der Waals surface area (Å²) in [6.07, 6.45) is 4.35. The maximum absolute atomic E-state index is 6.02. The molecule has 152 valence electrons. The molecule has 4 heteroatoms. The summed E-state index contributed by atoms with van der Waals surface area (Å²) < 4.78 is 0. The van der Waals surface area contributed by atoms with Crippen LogP contribution in [0.5, 0.6) is 0 Å². The smallest absolute Gasteiger partial charge is 0.0426 e. The number of benzene rings is 1. The molecule has 1 fully saturated rings. The zero-order valence-corrected chi connectivity index (χ0v) is 18.6. The highest BCUT2D eigenvalue weighted by atomic mass is 35.5. The predicted octanol–water partition coefficient (Wildman–Crippen LogP) is 5.86. The van der Waals surface area contributed by atoms with Crippen LogP contribution in [0.3, 0.4) is 0 Å². The van der Waals surface area contributed by atoms with Crippen molar-refractivity contribution in [2.24, 2.45) is 5.73 Å². The number of hydrogen-bond acceptors (Lipinski definition) is 3. The molecule has 0 radical (unpaired) electrons. The summed E-state index contributed by atoms with van der Waals surface area (Å²) in [6.45, 7) is 23.3. The molecule has 1 aliphatic heterocycles. The Bertz CT molecular complexity index is 402. The van der Waals surface area contributed by atoms with Crippen LogP contribution in [0.15, 0.2) is 50.1 Å². The molecule has 0 atom stereocenters. The fraction of sp³-hybridized carbons (Fsp3) is 0.545. The van der Waals surface area contributed by atoms with Gasteiger partial charge in [0.1, 0.15) is 0 Å². The number of rotatable bonds is 4. The van der Waals surface area contributed by atoms with E-state index in [1.807, 2.05) is 32.9 Å². The predicted molar refractivity (Wildman–Crippen MR) is 124 cm³/mol. The van der Waals surface area contributed by atoms with E-state index in [0.29, 0.717) is 0 Å². The highest BCUT2D eigenvalue weighted by Gasteiger charge is 2.16. The Hall–Kier alpha value is -1.29. The largest absolute Gasteiger partial charge is 0.369 e. The first kappa shape index (κ1) is 29.5. The molecule has 0 aromatic heterocycles. The van der Waals surface area contributed by atoms with Crippen LogP contribution in [0.4, 0.5) is 5.69 Å². The second-order valence-electron chi connectivity index (χ2n) is 5.07. The third kappa shape index (κ3) is 15.0. The van der Waals surface area contributed by atoms with E-state index >= 15 is 0 Å². The van der Waals surface area contributed by atoms with Crippen LogP contribution < -0.4 is 10.6 Å². The molecule has 26 heavy (non-hydrogen) atoms. The van der Waals surface area contributed by atoms with E-state index in [4.69, 9.17) is 11.6 Å². The first-order chi connectivity index (χ1) is 12.7. The third-order valence-electron chi connectivity index (χ3n) is 3.37. The van der Waals surface area contributed by atoms with E-state index < -0.39 is 0 Å². The van der Waals surface area contributed by atoms with Gasteiger partial charge in [-0.05, 0) is 45.1 Å². The van der Waals surface area contributed by atoms with Crippen LogP contribution >= 0.6 is 11.6 Å². The van der Waals surface area contributed by atoms with Crippen molar-refractivity contribution in [2.45, 2.75) is 40.5 Å². The molecular weight excluding hydrogens is 342 g/mol. The Labute approximate surface area is 168 Å². The minimum Gasteiger partial charge on any atom is -0.369 e. The summed E-state index contributed by atoms with van der Waals surface area (Å²) in [5.74, 6) is 0. The summed E-state index contributed by atoms with van der Waals surface area (Å²) in [5, 5.41) is 0.830. The second kappa shape index (κ2) is 23.7. The molecule has 1 aliphatic rings. The van der Waals surface area contributed by atoms with E-state index in [0.717, 1.165) is 18.1 Å². The van der Waals surface area contributed by atoms with Gasteiger partial charge >= 0.3 is 0 Å². The molecule has 0 aliphatic carbocycles. The quantitative estimate of drug-likeness (QED) is 0.661. The SMILES string of the molecule is C=C.C=CC.CC.CCCCN1CCN(c2cccc(Cl)c2)CC1.CN. The number of allylic oxidation sites excluding steroid dienone is 1. The van der Waals surface area contributed by atoms with Gasteiger partial charge in [0.15, 0.2) is 0 Å². The normalized spacial score (nSPS) is 12.5. The minimum atomic E-state index is 0.830. The number of nitrogens with zero attached hydrogens (tertiary/aromatic N) is 2. The summed E-state index contributed by atoms with van der Waals surface area (Å²) in [4.78, 5) is 4.98. The van der Waals surface area contributed by atoms with Gasteiger partial charge in [0.25, 0.3) is 0 Å². The van der Waals surface area contributed by atoms with Gasteiger partial charge in [0.05, 0.1) is 0 Å². The van der Waals surface area contributed by atoms with E-state index in [1.165, 1.54) is 45.2 Å². The van der Waals surface area contributed by atoms with Gasteiger partial charge in [-0.25, -0.2) is 0 Å². The monoisotopic (exact) mass is 383 g/mol. The number of halogens is 1. The van der Waals surface area contributed by atoms with Crippen molar-refractivity contribution < 1.29 is 0 Å². The molecule has 2 N–H and O–H groups in total. The van der Waals surface area contributed by atoms with Gasteiger partial charge in [-0.3, -0.25) is 4.90 Å². The van der Waals surface area contributed by atoms with Crippen LogP contribution in [0.25, 0.3) is 0 Å². The molecular formula is C22H42ClN3. The Balaban J connectivity index is -0.000000509. The lowest BCUT2D eigenvalue weighted by molar-refractivity contribution is 0.254. The molecule has 0 saturated carbocycles. The number of piperazine rings is 1. The Morgan fingerprint density at radius 1 is 1.12 bits per heavy atom. The molecule has 1 aromatic carbocycles. The highest BCUT2D eigenvalue weighted by molar-refractivity contribution is 6.30. The van der Waals surface area contributed by atoms with Crippen LogP contribution in [-0.4, -0.2) is 44.7 Å². The maximum atomic E-state index is 6.02. The summed E-state index contributed by atoms with van der Waals surface area (Å²) in [7, 11) is 1.50. The van der Waals surface area contributed by atoms with Gasteiger partial charge < -0.3 is 10.6 Å². The first-order valence-electron chi connectivity index (χ1n) is 9.59. The Morgan fingerprint density at radius 2 is 1.62 bits per heavy atom. The van der Waals surface area contributed by atoms with Gasteiger partial charge in [-0.2, -0.15) is 0 Å². The van der Waals surface area contributed by atoms with E-state index in [9.17, 15) is 0 Å². The van der Waals surface area contributed by atoms with Crippen LogP contribution in [-0.2, 0) is 0 Å². The summed E-state index contributed by atoms with van der Waals surface area (Å²) >= 11 is 6.02. The van der Waals surface area contributed by atoms with Crippen molar-refractivity contribution in [3.05, 3.63) is 55.1 Å². The van der Waals surface area contributed by atoms with Gasteiger partial charge in [0.2, 0.25) is 0 Å².